The smallest absolute Gasteiger partial charge is 0.180 e. The molecule has 1 radical (unpaired) electrons. The highest BCUT2D eigenvalue weighted by Crippen LogP contribution is 2.50. The van der Waals surface area contributed by atoms with E-state index in [2.05, 4.69) is 0 Å². The first kappa shape index (κ1) is 11.4. The second kappa shape index (κ2) is 4.06. The third-order valence-electron chi connectivity index (χ3n) is 4.08. The molecule has 0 aliphatic heterocycles. The van der Waals surface area contributed by atoms with Gasteiger partial charge in [-0.25, -0.2) is 5.11 Å². The Morgan fingerprint density at radius 2 is 1.00 bits per heavy atom. The lowest BCUT2D eigenvalue weighted by Crippen LogP contribution is -2.24. The lowest BCUT2D eigenvalue weighted by atomic mass is 9.84. The fourth-order valence-electron chi connectivity index (χ4n) is 3.18. The summed E-state index contributed by atoms with van der Waals surface area (Å²) in [6.07, 6.45) is 0. The second-order valence-corrected chi connectivity index (χ2v) is 5.14. The largest absolute Gasteiger partial charge is 0.214 e. The van der Waals surface area contributed by atoms with Crippen molar-refractivity contribution in [2.75, 3.05) is 0 Å². The molecule has 95 valence electrons. The zero-order chi connectivity index (χ0) is 13.6. The monoisotopic (exact) mass is 257 g/mol. The molecule has 0 spiro atoms. The van der Waals surface area contributed by atoms with Crippen LogP contribution in [0.5, 0.6) is 0 Å². The summed E-state index contributed by atoms with van der Waals surface area (Å²) in [6.45, 7) is 0. The van der Waals surface area contributed by atoms with Crippen molar-refractivity contribution < 1.29 is 5.11 Å². The average molecular weight is 257 g/mol. The van der Waals surface area contributed by atoms with Crippen molar-refractivity contribution in [3.8, 4) is 11.1 Å². The minimum absolute atomic E-state index is 0.803. The molecule has 0 saturated heterocycles. The molecule has 0 N–H and O–H groups in total. The molecular weight excluding hydrogens is 244 g/mol. The molecular formula is C19H13O. The molecule has 4 rings (SSSR count). The van der Waals surface area contributed by atoms with Gasteiger partial charge in [0.1, 0.15) is 0 Å². The van der Waals surface area contributed by atoms with Crippen LogP contribution < -0.4 is 0 Å². The minimum atomic E-state index is -1.30. The highest BCUT2D eigenvalue weighted by molar-refractivity contribution is 5.82. The van der Waals surface area contributed by atoms with Gasteiger partial charge in [-0.2, -0.15) is 0 Å². The van der Waals surface area contributed by atoms with Gasteiger partial charge in [0.25, 0.3) is 0 Å². The van der Waals surface area contributed by atoms with E-state index in [4.69, 9.17) is 0 Å². The molecule has 0 saturated carbocycles. The van der Waals surface area contributed by atoms with Gasteiger partial charge in [0.15, 0.2) is 5.60 Å². The maximum Gasteiger partial charge on any atom is 0.180 e. The first-order valence-corrected chi connectivity index (χ1v) is 6.77. The highest BCUT2D eigenvalue weighted by Gasteiger charge is 2.44. The van der Waals surface area contributed by atoms with Crippen LogP contribution in [0.1, 0.15) is 16.7 Å². The van der Waals surface area contributed by atoms with E-state index in [0.717, 1.165) is 27.8 Å². The fourth-order valence-corrected chi connectivity index (χ4v) is 3.18. The van der Waals surface area contributed by atoms with Crippen molar-refractivity contribution in [1.29, 1.82) is 0 Å². The summed E-state index contributed by atoms with van der Waals surface area (Å²) in [5.41, 5.74) is 3.33. The molecule has 0 bridgehead atoms. The number of benzene rings is 3. The summed E-state index contributed by atoms with van der Waals surface area (Å²) in [6, 6.07) is 25.5. The second-order valence-electron chi connectivity index (χ2n) is 5.14. The maximum absolute atomic E-state index is 13.7. The van der Waals surface area contributed by atoms with Gasteiger partial charge in [-0.3, -0.25) is 0 Å². The quantitative estimate of drug-likeness (QED) is 0.616. The maximum atomic E-state index is 13.7. The zero-order valence-corrected chi connectivity index (χ0v) is 10.9. The normalized spacial score (nSPS) is 14.7. The Hall–Kier alpha value is -2.38. The van der Waals surface area contributed by atoms with E-state index in [9.17, 15) is 5.11 Å². The van der Waals surface area contributed by atoms with Gasteiger partial charge >= 0.3 is 0 Å². The molecule has 0 fully saturated rings. The Morgan fingerprint density at radius 3 is 1.55 bits per heavy atom. The zero-order valence-electron chi connectivity index (χ0n) is 10.9. The number of hydrogen-bond donors (Lipinski definition) is 0. The van der Waals surface area contributed by atoms with Crippen LogP contribution in [0.15, 0.2) is 78.9 Å². The van der Waals surface area contributed by atoms with Crippen LogP contribution in [0.25, 0.3) is 11.1 Å². The third-order valence-corrected chi connectivity index (χ3v) is 4.08. The van der Waals surface area contributed by atoms with E-state index in [1.54, 1.807) is 0 Å². The molecule has 3 aromatic rings. The summed E-state index contributed by atoms with van der Waals surface area (Å²) in [4.78, 5) is 0. The first-order chi connectivity index (χ1) is 9.82. The molecule has 0 aromatic heterocycles. The summed E-state index contributed by atoms with van der Waals surface area (Å²) in [7, 11) is 0. The van der Waals surface area contributed by atoms with Crippen molar-refractivity contribution in [3.63, 3.8) is 0 Å². The Labute approximate surface area is 118 Å². The predicted octanol–water partition coefficient (Wildman–Crippen LogP) is 4.39. The fraction of sp³-hybridized carbons (Fsp3) is 0.0526. The van der Waals surface area contributed by atoms with Crippen LogP contribution >= 0.6 is 0 Å². The van der Waals surface area contributed by atoms with E-state index in [1.807, 2.05) is 78.9 Å². The van der Waals surface area contributed by atoms with Crippen LogP contribution in [0.2, 0.25) is 0 Å². The molecule has 0 atom stereocenters. The Bertz CT molecular complexity index is 729. The van der Waals surface area contributed by atoms with Crippen molar-refractivity contribution in [2.24, 2.45) is 0 Å². The third kappa shape index (κ3) is 1.36. The van der Waals surface area contributed by atoms with Gasteiger partial charge in [-0.05, 0) is 16.7 Å². The van der Waals surface area contributed by atoms with E-state index in [0.29, 0.717) is 0 Å². The Kier molecular flexibility index (Phi) is 2.32. The van der Waals surface area contributed by atoms with Crippen LogP contribution in [-0.4, -0.2) is 0 Å². The average Bonchev–Trinajstić information content (AvgIpc) is 2.80. The van der Waals surface area contributed by atoms with Crippen LogP contribution in [0, 0.1) is 0 Å². The van der Waals surface area contributed by atoms with E-state index >= 15 is 0 Å². The van der Waals surface area contributed by atoms with Crippen molar-refractivity contribution in [1.82, 2.24) is 0 Å². The lowest BCUT2D eigenvalue weighted by Gasteiger charge is -2.23. The number of fused-ring (bicyclic) bond motifs is 3. The van der Waals surface area contributed by atoms with Gasteiger partial charge in [0, 0.05) is 11.1 Å². The van der Waals surface area contributed by atoms with E-state index < -0.39 is 5.60 Å². The molecule has 0 unspecified atom stereocenters. The van der Waals surface area contributed by atoms with Crippen LogP contribution in [-0.2, 0) is 10.7 Å². The Morgan fingerprint density at radius 1 is 0.550 bits per heavy atom. The van der Waals surface area contributed by atoms with Crippen molar-refractivity contribution in [2.45, 2.75) is 5.60 Å². The predicted molar refractivity (Wildman–Crippen MR) is 78.9 cm³/mol. The van der Waals surface area contributed by atoms with E-state index in [-0.39, 0.29) is 0 Å². The summed E-state index contributed by atoms with van der Waals surface area (Å²) >= 11 is 0. The molecule has 3 aromatic carbocycles. The standard InChI is InChI=1S/C19H13O/c20-19(14-8-2-1-3-9-14)17-12-6-4-10-15(17)16-11-5-7-13-18(16)19/h1-13H. The van der Waals surface area contributed by atoms with Gasteiger partial charge < -0.3 is 0 Å². The van der Waals surface area contributed by atoms with Gasteiger partial charge in [0.2, 0.25) is 0 Å². The van der Waals surface area contributed by atoms with Gasteiger partial charge in [-0.1, -0.05) is 78.9 Å². The molecule has 0 amide bonds. The highest BCUT2D eigenvalue weighted by atomic mass is 16.3. The van der Waals surface area contributed by atoms with E-state index in [1.165, 1.54) is 0 Å². The van der Waals surface area contributed by atoms with Crippen molar-refractivity contribution >= 4 is 0 Å². The molecule has 1 nitrogen and oxygen atoms in total. The van der Waals surface area contributed by atoms with Gasteiger partial charge in [-0.15, -0.1) is 0 Å². The summed E-state index contributed by atoms with van der Waals surface area (Å²) in [5.74, 6) is 0. The van der Waals surface area contributed by atoms with Crippen LogP contribution in [0.3, 0.4) is 0 Å². The lowest BCUT2D eigenvalue weighted by molar-refractivity contribution is 0.0452. The SMILES string of the molecule is [O]C1(c2ccccc2)c2ccccc2-c2ccccc21. The van der Waals surface area contributed by atoms with Gasteiger partial charge in [0.05, 0.1) is 0 Å². The molecule has 1 heteroatoms. The summed E-state index contributed by atoms with van der Waals surface area (Å²) < 4.78 is 0. The summed E-state index contributed by atoms with van der Waals surface area (Å²) in [5, 5.41) is 13.7. The molecule has 1 aliphatic rings. The van der Waals surface area contributed by atoms with Crippen LogP contribution in [0.4, 0.5) is 0 Å². The minimum Gasteiger partial charge on any atom is -0.214 e. The topological polar surface area (TPSA) is 19.9 Å². The molecule has 20 heavy (non-hydrogen) atoms. The molecule has 1 aliphatic carbocycles. The number of hydrogen-bond acceptors (Lipinski definition) is 0. The first-order valence-electron chi connectivity index (χ1n) is 6.77. The number of rotatable bonds is 1. The van der Waals surface area contributed by atoms with Crippen molar-refractivity contribution in [3.05, 3.63) is 95.6 Å². The molecule has 0 heterocycles. The Balaban J connectivity index is 2.10.